The van der Waals surface area contributed by atoms with Crippen molar-refractivity contribution in [2.75, 3.05) is 7.11 Å². The number of carbonyl (C=O) groups is 1. The van der Waals surface area contributed by atoms with Gasteiger partial charge in [0, 0.05) is 0 Å². The number of rotatable bonds is 4. The molecular weight excluding hydrogens is 348 g/mol. The molecule has 3 rings (SSSR count). The summed E-state index contributed by atoms with van der Waals surface area (Å²) in [6, 6.07) is 21.2. The summed E-state index contributed by atoms with van der Waals surface area (Å²) >= 11 is 0. The van der Waals surface area contributed by atoms with E-state index in [0.29, 0.717) is 11.3 Å². The van der Waals surface area contributed by atoms with Gasteiger partial charge in [0.05, 0.1) is 18.2 Å². The van der Waals surface area contributed by atoms with Gasteiger partial charge in [0.2, 0.25) is 0 Å². The number of aromatic carboxylic acids is 1. The molecule has 0 saturated carbocycles. The van der Waals surface area contributed by atoms with Crippen LogP contribution >= 0.6 is 0 Å². The molecule has 0 radical (unpaired) electrons. The van der Waals surface area contributed by atoms with Gasteiger partial charge in [0.15, 0.2) is 0 Å². The van der Waals surface area contributed by atoms with Crippen LogP contribution in [0.25, 0.3) is 17.2 Å². The fourth-order valence-corrected chi connectivity index (χ4v) is 2.82. The van der Waals surface area contributed by atoms with Crippen LogP contribution in [0.3, 0.4) is 0 Å². The number of benzene rings is 3. The number of hydrogen-bond acceptors (Lipinski definition) is 2. The predicted octanol–water partition coefficient (Wildman–Crippen LogP) is 5.43. The largest absolute Gasteiger partial charge is 0.495 e. The number of aryl methyl sites for hydroxylation is 1. The normalized spacial score (nSPS) is 10.4. The third-order valence-electron chi connectivity index (χ3n) is 4.32. The lowest BCUT2D eigenvalue weighted by Crippen LogP contribution is -1.98. The Morgan fingerprint density at radius 3 is 2.50 bits per heavy atom. The number of ether oxygens (including phenoxy) is 1. The Bertz CT molecular complexity index is 1080. The SMILES string of the molecule is COc1cc(C(=O)O)ccc1C#CC=Cc1ccccc1-c1ccc(C)cc1. The molecule has 3 heteroatoms. The van der Waals surface area contributed by atoms with E-state index in [0.717, 1.165) is 16.7 Å². The van der Waals surface area contributed by atoms with E-state index >= 15 is 0 Å². The zero-order valence-electron chi connectivity index (χ0n) is 15.8. The van der Waals surface area contributed by atoms with Gasteiger partial charge in [-0.15, -0.1) is 0 Å². The van der Waals surface area contributed by atoms with Gasteiger partial charge in [-0.25, -0.2) is 4.79 Å². The molecule has 0 atom stereocenters. The lowest BCUT2D eigenvalue weighted by molar-refractivity contribution is 0.0696. The molecule has 0 bridgehead atoms. The second kappa shape index (κ2) is 8.75. The van der Waals surface area contributed by atoms with Crippen LogP contribution in [-0.2, 0) is 0 Å². The molecule has 0 aliphatic heterocycles. The minimum absolute atomic E-state index is 0.171. The molecule has 138 valence electrons. The molecule has 0 unspecified atom stereocenters. The van der Waals surface area contributed by atoms with Crippen LogP contribution in [0.15, 0.2) is 72.8 Å². The summed E-state index contributed by atoms with van der Waals surface area (Å²) < 4.78 is 5.25. The van der Waals surface area contributed by atoms with Crippen molar-refractivity contribution >= 4 is 12.0 Å². The van der Waals surface area contributed by atoms with Gasteiger partial charge in [0.25, 0.3) is 0 Å². The highest BCUT2D eigenvalue weighted by molar-refractivity contribution is 5.88. The highest BCUT2D eigenvalue weighted by atomic mass is 16.5. The minimum atomic E-state index is -0.995. The van der Waals surface area contributed by atoms with E-state index in [-0.39, 0.29) is 5.56 Å². The maximum atomic E-state index is 11.1. The monoisotopic (exact) mass is 368 g/mol. The van der Waals surface area contributed by atoms with Gasteiger partial charge in [-0.3, -0.25) is 0 Å². The van der Waals surface area contributed by atoms with E-state index in [2.05, 4.69) is 55.2 Å². The average Bonchev–Trinajstić information content (AvgIpc) is 2.72. The van der Waals surface area contributed by atoms with Crippen molar-refractivity contribution in [2.24, 2.45) is 0 Å². The van der Waals surface area contributed by atoms with Crippen LogP contribution in [0.2, 0.25) is 0 Å². The van der Waals surface area contributed by atoms with Crippen LogP contribution in [0.1, 0.15) is 27.0 Å². The van der Waals surface area contributed by atoms with Crippen LogP contribution in [0, 0.1) is 18.8 Å². The molecule has 0 fully saturated rings. The first-order valence-electron chi connectivity index (χ1n) is 8.84. The summed E-state index contributed by atoms with van der Waals surface area (Å²) in [4.78, 5) is 11.1. The molecule has 3 nitrogen and oxygen atoms in total. The Morgan fingerprint density at radius 1 is 1.04 bits per heavy atom. The molecule has 1 N–H and O–H groups in total. The van der Waals surface area contributed by atoms with Crippen molar-refractivity contribution in [1.29, 1.82) is 0 Å². The van der Waals surface area contributed by atoms with Crippen molar-refractivity contribution in [3.63, 3.8) is 0 Å². The smallest absolute Gasteiger partial charge is 0.335 e. The second-order valence-electron chi connectivity index (χ2n) is 6.28. The summed E-state index contributed by atoms with van der Waals surface area (Å²) in [5.74, 6) is 5.47. The van der Waals surface area contributed by atoms with Crippen LogP contribution in [0.4, 0.5) is 0 Å². The summed E-state index contributed by atoms with van der Waals surface area (Å²) in [7, 11) is 1.50. The summed E-state index contributed by atoms with van der Waals surface area (Å²) in [6.45, 7) is 2.07. The van der Waals surface area contributed by atoms with Crippen LogP contribution in [-0.4, -0.2) is 18.2 Å². The van der Waals surface area contributed by atoms with E-state index in [1.54, 1.807) is 12.1 Å². The van der Waals surface area contributed by atoms with E-state index in [4.69, 9.17) is 9.84 Å². The molecule has 0 saturated heterocycles. The highest BCUT2D eigenvalue weighted by Crippen LogP contribution is 2.25. The Balaban J connectivity index is 1.86. The lowest BCUT2D eigenvalue weighted by atomic mass is 9.98. The number of allylic oxidation sites excluding steroid dienone is 1. The maximum absolute atomic E-state index is 11.1. The standard InChI is InChI=1S/C25H20O3/c1-18-11-13-20(14-12-18)23-10-6-5-8-19(23)7-3-4-9-21-15-16-22(25(26)27)17-24(21)28-2/h3,5-8,10-17H,1-2H3,(H,26,27). The topological polar surface area (TPSA) is 46.5 Å². The first-order valence-corrected chi connectivity index (χ1v) is 8.84. The van der Waals surface area contributed by atoms with Gasteiger partial charge < -0.3 is 9.84 Å². The first-order chi connectivity index (χ1) is 13.6. The number of methoxy groups -OCH3 is 1. The van der Waals surface area contributed by atoms with Crippen molar-refractivity contribution in [3.8, 4) is 28.7 Å². The minimum Gasteiger partial charge on any atom is -0.495 e. The third-order valence-corrected chi connectivity index (χ3v) is 4.32. The number of carboxylic acid groups (broad SMARTS) is 1. The zero-order chi connectivity index (χ0) is 19.9. The highest BCUT2D eigenvalue weighted by Gasteiger charge is 2.07. The molecule has 28 heavy (non-hydrogen) atoms. The van der Waals surface area contributed by atoms with Crippen molar-refractivity contribution < 1.29 is 14.6 Å². The molecule has 0 aromatic heterocycles. The molecule has 0 aliphatic carbocycles. The van der Waals surface area contributed by atoms with E-state index < -0.39 is 5.97 Å². The van der Waals surface area contributed by atoms with Crippen LogP contribution < -0.4 is 4.74 Å². The van der Waals surface area contributed by atoms with E-state index in [1.165, 1.54) is 24.8 Å². The number of carboxylic acids is 1. The molecule has 3 aromatic carbocycles. The Labute approximate surface area is 164 Å². The molecule has 0 spiro atoms. The Kier molecular flexibility index (Phi) is 5.94. The fraction of sp³-hybridized carbons (Fsp3) is 0.0800. The summed E-state index contributed by atoms with van der Waals surface area (Å²) in [6.07, 6.45) is 3.76. The molecule has 0 heterocycles. The van der Waals surface area contributed by atoms with Crippen molar-refractivity contribution in [1.82, 2.24) is 0 Å². The quantitative estimate of drug-likeness (QED) is 0.624. The van der Waals surface area contributed by atoms with Crippen molar-refractivity contribution in [2.45, 2.75) is 6.92 Å². The van der Waals surface area contributed by atoms with E-state index in [1.807, 2.05) is 18.2 Å². The zero-order valence-corrected chi connectivity index (χ0v) is 15.8. The van der Waals surface area contributed by atoms with Gasteiger partial charge in [-0.1, -0.05) is 65.9 Å². The predicted molar refractivity (Wildman–Crippen MR) is 112 cm³/mol. The molecule has 3 aromatic rings. The molecular formula is C25H20O3. The van der Waals surface area contributed by atoms with Crippen molar-refractivity contribution in [3.05, 3.63) is 95.1 Å². The van der Waals surface area contributed by atoms with Gasteiger partial charge in [0.1, 0.15) is 5.75 Å². The summed E-state index contributed by atoms with van der Waals surface area (Å²) in [5.41, 5.74) is 5.42. The molecule has 0 amide bonds. The second-order valence-corrected chi connectivity index (χ2v) is 6.28. The first kappa shape index (κ1) is 19.0. The van der Waals surface area contributed by atoms with Gasteiger partial charge >= 0.3 is 5.97 Å². The summed E-state index contributed by atoms with van der Waals surface area (Å²) in [5, 5.41) is 9.07. The number of hydrogen-bond donors (Lipinski definition) is 1. The third kappa shape index (κ3) is 4.49. The Morgan fingerprint density at radius 2 is 1.79 bits per heavy atom. The fourth-order valence-electron chi connectivity index (χ4n) is 2.82. The maximum Gasteiger partial charge on any atom is 0.335 e. The van der Waals surface area contributed by atoms with Crippen LogP contribution in [0.5, 0.6) is 5.75 Å². The Hall–Kier alpha value is -3.77. The van der Waals surface area contributed by atoms with Gasteiger partial charge in [-0.2, -0.15) is 0 Å². The lowest BCUT2D eigenvalue weighted by Gasteiger charge is -2.06. The van der Waals surface area contributed by atoms with Gasteiger partial charge in [-0.05, 0) is 54.0 Å². The molecule has 0 aliphatic rings. The average molecular weight is 368 g/mol. The van der Waals surface area contributed by atoms with E-state index in [9.17, 15) is 4.79 Å².